The molecule has 1 aliphatic rings. The fourth-order valence-corrected chi connectivity index (χ4v) is 4.92. The van der Waals surface area contributed by atoms with Gasteiger partial charge < -0.3 is 28.8 Å². The Balaban J connectivity index is 1.89. The second kappa shape index (κ2) is 16.6. The molecule has 1 N–H and O–H groups in total. The van der Waals surface area contributed by atoms with Crippen molar-refractivity contribution >= 4 is 11.6 Å². The third kappa shape index (κ3) is 8.91. The van der Waals surface area contributed by atoms with Crippen molar-refractivity contribution in [2.24, 2.45) is 0 Å². The monoisotopic (exact) mass is 562 g/mol. The van der Waals surface area contributed by atoms with Gasteiger partial charge in [-0.1, -0.05) is 69.8 Å². The lowest BCUT2D eigenvalue weighted by Crippen LogP contribution is -2.44. The molecule has 1 heterocycles. The third-order valence-corrected chi connectivity index (χ3v) is 7.37. The molecule has 39 heavy (non-hydrogen) atoms. The first-order chi connectivity index (χ1) is 19.0. The van der Waals surface area contributed by atoms with Crippen molar-refractivity contribution in [2.75, 3.05) is 33.0 Å². The van der Waals surface area contributed by atoms with Crippen LogP contribution in [0.2, 0.25) is 5.02 Å². The number of hydrogen-bond acceptors (Lipinski definition) is 6. The summed E-state index contributed by atoms with van der Waals surface area (Å²) in [5.41, 5.74) is 2.60. The summed E-state index contributed by atoms with van der Waals surface area (Å²) >= 11 is 6.63. The highest BCUT2D eigenvalue weighted by atomic mass is 35.5. The number of aliphatic hydroxyl groups is 1. The van der Waals surface area contributed by atoms with Crippen LogP contribution in [0.3, 0.4) is 0 Å². The van der Waals surface area contributed by atoms with Crippen LogP contribution in [0.4, 0.5) is 0 Å². The molecular formula is C32H47ClO6. The van der Waals surface area contributed by atoms with Gasteiger partial charge in [-0.05, 0) is 68.0 Å². The number of hydrogen-bond donors (Lipinski definition) is 1. The molecule has 6 nitrogen and oxygen atoms in total. The normalized spacial score (nSPS) is 22.9. The van der Waals surface area contributed by atoms with Crippen LogP contribution in [0.5, 0.6) is 5.75 Å². The number of unbranched alkanes of at least 4 members (excludes halogenated alkanes) is 3. The Morgan fingerprint density at radius 3 is 2.21 bits per heavy atom. The number of rotatable bonds is 18. The molecule has 3 rings (SSSR count). The second-order valence-electron chi connectivity index (χ2n) is 10.2. The van der Waals surface area contributed by atoms with Crippen molar-refractivity contribution in [1.82, 2.24) is 0 Å². The van der Waals surface area contributed by atoms with Crippen LogP contribution in [0.15, 0.2) is 42.5 Å². The smallest absolute Gasteiger partial charge is 0.222 e. The predicted molar refractivity (Wildman–Crippen MR) is 156 cm³/mol. The Labute approximate surface area is 239 Å². The highest BCUT2D eigenvalue weighted by molar-refractivity contribution is 6.31. The van der Waals surface area contributed by atoms with E-state index in [9.17, 15) is 5.11 Å². The molecule has 0 saturated carbocycles. The van der Waals surface area contributed by atoms with Crippen LogP contribution in [0.25, 0.3) is 0 Å². The maximum Gasteiger partial charge on any atom is 0.222 e. The molecule has 0 bridgehead atoms. The fourth-order valence-electron chi connectivity index (χ4n) is 4.73. The summed E-state index contributed by atoms with van der Waals surface area (Å²) in [6, 6.07) is 13.6. The largest absolute Gasteiger partial charge is 0.494 e. The van der Waals surface area contributed by atoms with E-state index in [0.717, 1.165) is 55.4 Å². The van der Waals surface area contributed by atoms with Gasteiger partial charge in [0.1, 0.15) is 24.1 Å². The molecule has 0 radical (unpaired) electrons. The topological polar surface area (TPSA) is 66.4 Å². The van der Waals surface area contributed by atoms with Gasteiger partial charge in [0.2, 0.25) is 5.79 Å². The molecule has 1 fully saturated rings. The van der Waals surface area contributed by atoms with Crippen molar-refractivity contribution in [1.29, 1.82) is 0 Å². The van der Waals surface area contributed by atoms with Gasteiger partial charge in [0.05, 0.1) is 13.2 Å². The van der Waals surface area contributed by atoms with Crippen LogP contribution in [0.1, 0.15) is 82.9 Å². The minimum absolute atomic E-state index is 0.333. The van der Waals surface area contributed by atoms with Gasteiger partial charge in [0.15, 0.2) is 0 Å². The van der Waals surface area contributed by atoms with Crippen molar-refractivity contribution in [3.63, 3.8) is 0 Å². The highest BCUT2D eigenvalue weighted by Gasteiger charge is 2.57. The molecule has 0 aromatic heterocycles. The summed E-state index contributed by atoms with van der Waals surface area (Å²) in [7, 11) is 0. The second-order valence-corrected chi connectivity index (χ2v) is 10.6. The lowest BCUT2D eigenvalue weighted by molar-refractivity contribution is -0.250. The van der Waals surface area contributed by atoms with Crippen LogP contribution >= 0.6 is 11.6 Å². The van der Waals surface area contributed by atoms with Crippen LogP contribution in [-0.2, 0) is 31.2 Å². The van der Waals surface area contributed by atoms with E-state index in [4.69, 9.17) is 35.3 Å². The first-order valence-electron chi connectivity index (χ1n) is 14.7. The molecule has 1 unspecified atom stereocenters. The highest BCUT2D eigenvalue weighted by Crippen LogP contribution is 2.42. The molecule has 0 amide bonds. The standard InChI is InChI=1S/C32H47ClO6/c1-5-9-18-35-23-29-30(37-19-10-6-2)31(38-20-11-7-3)32(34,39-29)26-14-17-28(33)25(22-26)21-24-12-15-27(16-13-24)36-8-4/h12-17,22,29-31,34H,5-11,18-21,23H2,1-4H3/t29-,30-,31+,32?/m0/s1. The summed E-state index contributed by atoms with van der Waals surface area (Å²) in [4.78, 5) is 0. The molecule has 0 spiro atoms. The summed E-state index contributed by atoms with van der Waals surface area (Å²) in [6.07, 6.45) is 4.84. The van der Waals surface area contributed by atoms with E-state index in [-0.39, 0.29) is 0 Å². The van der Waals surface area contributed by atoms with E-state index in [2.05, 4.69) is 20.8 Å². The lowest BCUT2D eigenvalue weighted by Gasteiger charge is -2.31. The molecule has 0 aliphatic carbocycles. The Morgan fingerprint density at radius 1 is 0.872 bits per heavy atom. The number of halogens is 1. The van der Waals surface area contributed by atoms with Crippen LogP contribution in [-0.4, -0.2) is 56.5 Å². The van der Waals surface area contributed by atoms with Crippen molar-refractivity contribution in [3.05, 3.63) is 64.2 Å². The Bertz CT molecular complexity index is 968. The summed E-state index contributed by atoms with van der Waals surface area (Å²) in [6.45, 7) is 11.0. The Morgan fingerprint density at radius 2 is 1.54 bits per heavy atom. The zero-order chi connectivity index (χ0) is 28.1. The van der Waals surface area contributed by atoms with Gasteiger partial charge in [-0.15, -0.1) is 0 Å². The average molecular weight is 563 g/mol. The van der Waals surface area contributed by atoms with E-state index < -0.39 is 24.1 Å². The van der Waals surface area contributed by atoms with Gasteiger partial charge in [-0.3, -0.25) is 0 Å². The fraction of sp³-hybridized carbons (Fsp3) is 0.625. The Kier molecular flexibility index (Phi) is 13.5. The molecule has 218 valence electrons. The van der Waals surface area contributed by atoms with Crippen LogP contribution in [0, 0.1) is 0 Å². The minimum atomic E-state index is -1.69. The van der Waals surface area contributed by atoms with Gasteiger partial charge in [0.25, 0.3) is 0 Å². The van der Waals surface area contributed by atoms with Gasteiger partial charge in [-0.2, -0.15) is 0 Å². The summed E-state index contributed by atoms with van der Waals surface area (Å²) in [5.74, 6) is -0.857. The maximum absolute atomic E-state index is 12.2. The summed E-state index contributed by atoms with van der Waals surface area (Å²) < 4.78 is 30.6. The van der Waals surface area contributed by atoms with Gasteiger partial charge >= 0.3 is 0 Å². The van der Waals surface area contributed by atoms with Gasteiger partial charge in [0, 0.05) is 30.4 Å². The molecule has 1 saturated heterocycles. The van der Waals surface area contributed by atoms with E-state index in [0.29, 0.717) is 50.0 Å². The minimum Gasteiger partial charge on any atom is -0.494 e. The van der Waals surface area contributed by atoms with E-state index in [1.54, 1.807) is 0 Å². The Hall–Kier alpha value is -1.67. The maximum atomic E-state index is 12.2. The van der Waals surface area contributed by atoms with Crippen molar-refractivity contribution < 1.29 is 28.8 Å². The van der Waals surface area contributed by atoms with E-state index in [1.165, 1.54) is 0 Å². The number of benzene rings is 2. The molecule has 1 aliphatic heterocycles. The molecule has 2 aromatic rings. The van der Waals surface area contributed by atoms with Crippen molar-refractivity contribution in [2.45, 2.75) is 96.7 Å². The summed E-state index contributed by atoms with van der Waals surface area (Å²) in [5, 5.41) is 12.8. The van der Waals surface area contributed by atoms with E-state index in [1.807, 2.05) is 49.4 Å². The number of ether oxygens (including phenoxy) is 5. The first-order valence-corrected chi connectivity index (χ1v) is 15.1. The first kappa shape index (κ1) is 31.9. The molecule has 2 aromatic carbocycles. The average Bonchev–Trinajstić information content (AvgIpc) is 3.20. The van der Waals surface area contributed by atoms with E-state index >= 15 is 0 Å². The third-order valence-electron chi connectivity index (χ3n) is 7.00. The predicted octanol–water partition coefficient (Wildman–Crippen LogP) is 7.06. The van der Waals surface area contributed by atoms with Crippen molar-refractivity contribution in [3.8, 4) is 5.75 Å². The lowest BCUT2D eigenvalue weighted by atomic mass is 9.94. The molecule has 7 heteroatoms. The van der Waals surface area contributed by atoms with Gasteiger partial charge in [-0.25, -0.2) is 0 Å². The zero-order valence-corrected chi connectivity index (χ0v) is 24.9. The quantitative estimate of drug-likeness (QED) is 0.196. The molecule has 4 atom stereocenters. The SMILES string of the molecule is CCCCOC[C@@H]1OC(O)(c2ccc(Cl)c(Cc3ccc(OCC)cc3)c2)[C@H](OCCCC)[C@H]1OCCCC. The zero-order valence-electron chi connectivity index (χ0n) is 24.1. The molecular weight excluding hydrogens is 516 g/mol. The van der Waals surface area contributed by atoms with Crippen LogP contribution < -0.4 is 4.74 Å².